The quantitative estimate of drug-likeness (QED) is 0.123. The van der Waals surface area contributed by atoms with Crippen LogP contribution < -0.4 is 10.2 Å². The van der Waals surface area contributed by atoms with E-state index in [0.29, 0.717) is 17.7 Å². The van der Waals surface area contributed by atoms with Crippen LogP contribution in [-0.4, -0.2) is 36.4 Å². The van der Waals surface area contributed by atoms with Crippen LogP contribution in [0.3, 0.4) is 0 Å². The molecule has 0 saturated carbocycles. The fourth-order valence-corrected chi connectivity index (χ4v) is 4.98. The zero-order valence-corrected chi connectivity index (χ0v) is 21.3. The molecule has 0 aliphatic carbocycles. The van der Waals surface area contributed by atoms with Gasteiger partial charge in [0.15, 0.2) is 0 Å². The largest absolute Gasteiger partial charge is 0.384 e. The van der Waals surface area contributed by atoms with Crippen LogP contribution in [0.5, 0.6) is 0 Å². The molecule has 1 aromatic heterocycles. The van der Waals surface area contributed by atoms with Crippen molar-refractivity contribution >= 4 is 56.4 Å². The lowest BCUT2D eigenvalue weighted by Gasteiger charge is -2.23. The highest BCUT2D eigenvalue weighted by Gasteiger charge is 2.10. The standard InChI is InChI=1S/C29H33Cl2N3/c1-22(23-13-15-24(16-14-23)34(20-17-30)21-18-31)8-6-7-19-32-29-25-9-2-4-11-27(25)33-28-12-5-3-10-26(28)29/h2-5,9-16,22H,6-8,17-21H2,1H3,(H,32,33). The fraction of sp³-hybridized carbons (Fsp3) is 0.345. The lowest BCUT2D eigenvalue weighted by Crippen LogP contribution is -2.27. The van der Waals surface area contributed by atoms with E-state index in [-0.39, 0.29) is 0 Å². The Morgan fingerprint density at radius 2 is 1.38 bits per heavy atom. The number of nitrogens with zero attached hydrogens (tertiary/aromatic N) is 2. The monoisotopic (exact) mass is 493 g/mol. The molecule has 0 saturated heterocycles. The lowest BCUT2D eigenvalue weighted by atomic mass is 9.95. The van der Waals surface area contributed by atoms with Gasteiger partial charge < -0.3 is 10.2 Å². The van der Waals surface area contributed by atoms with Crippen molar-refractivity contribution in [2.75, 3.05) is 41.6 Å². The van der Waals surface area contributed by atoms with E-state index in [1.165, 1.54) is 40.6 Å². The Morgan fingerprint density at radius 3 is 1.97 bits per heavy atom. The molecule has 1 N–H and O–H groups in total. The van der Waals surface area contributed by atoms with Crippen LogP contribution in [-0.2, 0) is 0 Å². The Bertz CT molecular complexity index is 1130. The van der Waals surface area contributed by atoms with Crippen molar-refractivity contribution in [2.24, 2.45) is 0 Å². The highest BCUT2D eigenvalue weighted by atomic mass is 35.5. The summed E-state index contributed by atoms with van der Waals surface area (Å²) in [6, 6.07) is 25.7. The summed E-state index contributed by atoms with van der Waals surface area (Å²) in [5, 5.41) is 6.10. The van der Waals surface area contributed by atoms with Gasteiger partial charge in [0.25, 0.3) is 0 Å². The number of unbranched alkanes of at least 4 members (excludes halogenated alkanes) is 1. The Labute approximate surface area is 213 Å². The van der Waals surface area contributed by atoms with Gasteiger partial charge in [0.05, 0.1) is 16.7 Å². The number of hydrogen-bond acceptors (Lipinski definition) is 3. The summed E-state index contributed by atoms with van der Waals surface area (Å²) in [7, 11) is 0. The SMILES string of the molecule is CC(CCCCNc1c2ccccc2nc2ccccc12)c1ccc(N(CCCl)CCCl)cc1. The van der Waals surface area contributed by atoms with Crippen molar-refractivity contribution in [1.29, 1.82) is 0 Å². The van der Waals surface area contributed by atoms with Gasteiger partial charge in [-0.3, -0.25) is 0 Å². The minimum absolute atomic E-state index is 0.533. The maximum absolute atomic E-state index is 5.95. The van der Waals surface area contributed by atoms with Crippen LogP contribution in [0.25, 0.3) is 21.8 Å². The highest BCUT2D eigenvalue weighted by Crippen LogP contribution is 2.31. The van der Waals surface area contributed by atoms with Crippen LogP contribution >= 0.6 is 23.2 Å². The molecule has 0 aliphatic heterocycles. The zero-order chi connectivity index (χ0) is 23.8. The first-order valence-corrected chi connectivity index (χ1v) is 13.3. The Balaban J connectivity index is 1.32. The second-order valence-electron chi connectivity index (χ2n) is 8.80. The van der Waals surface area contributed by atoms with Gasteiger partial charge in [0.2, 0.25) is 0 Å². The van der Waals surface area contributed by atoms with Crippen LogP contribution in [0.2, 0.25) is 0 Å². The van der Waals surface area contributed by atoms with Crippen LogP contribution in [0.15, 0.2) is 72.8 Å². The number of para-hydroxylation sites is 2. The first-order chi connectivity index (χ1) is 16.7. The van der Waals surface area contributed by atoms with Crippen molar-refractivity contribution in [3.63, 3.8) is 0 Å². The van der Waals surface area contributed by atoms with Gasteiger partial charge in [-0.15, -0.1) is 23.2 Å². The number of rotatable bonds is 12. The number of aromatic nitrogens is 1. The third kappa shape index (κ3) is 5.95. The Morgan fingerprint density at radius 1 is 0.794 bits per heavy atom. The van der Waals surface area contributed by atoms with E-state index in [2.05, 4.69) is 89.9 Å². The molecule has 1 atom stereocenters. The van der Waals surface area contributed by atoms with Crippen molar-refractivity contribution < 1.29 is 0 Å². The molecule has 0 bridgehead atoms. The first kappa shape index (κ1) is 24.6. The predicted molar refractivity (Wildman–Crippen MR) is 150 cm³/mol. The van der Waals surface area contributed by atoms with E-state index in [1.54, 1.807) is 0 Å². The molecular weight excluding hydrogens is 461 g/mol. The summed E-state index contributed by atoms with van der Waals surface area (Å²) in [4.78, 5) is 7.06. The van der Waals surface area contributed by atoms with Gasteiger partial charge in [-0.05, 0) is 48.6 Å². The number of alkyl halides is 2. The third-order valence-corrected chi connectivity index (χ3v) is 6.83. The zero-order valence-electron chi connectivity index (χ0n) is 19.8. The Hall–Kier alpha value is -2.49. The molecule has 5 heteroatoms. The third-order valence-electron chi connectivity index (χ3n) is 6.49. The summed E-state index contributed by atoms with van der Waals surface area (Å²) in [6.45, 7) is 4.91. The van der Waals surface area contributed by atoms with Gasteiger partial charge in [-0.1, -0.05) is 61.9 Å². The summed E-state index contributed by atoms with van der Waals surface area (Å²) >= 11 is 11.9. The van der Waals surface area contributed by atoms with Crippen molar-refractivity contribution in [3.8, 4) is 0 Å². The molecule has 0 aliphatic rings. The van der Waals surface area contributed by atoms with E-state index < -0.39 is 0 Å². The number of hydrogen-bond donors (Lipinski definition) is 1. The maximum Gasteiger partial charge on any atom is 0.0730 e. The molecule has 4 aromatic rings. The number of halogens is 2. The molecule has 1 heterocycles. The van der Waals surface area contributed by atoms with Gasteiger partial charge in [0.1, 0.15) is 0 Å². The lowest BCUT2D eigenvalue weighted by molar-refractivity contribution is 0.615. The van der Waals surface area contributed by atoms with Gasteiger partial charge in [-0.25, -0.2) is 4.98 Å². The van der Waals surface area contributed by atoms with Gasteiger partial charge >= 0.3 is 0 Å². The highest BCUT2D eigenvalue weighted by molar-refractivity contribution is 6.18. The van der Waals surface area contributed by atoms with E-state index >= 15 is 0 Å². The number of benzene rings is 3. The van der Waals surface area contributed by atoms with Crippen LogP contribution in [0.1, 0.15) is 37.7 Å². The second kappa shape index (κ2) is 12.3. The summed E-state index contributed by atoms with van der Waals surface area (Å²) in [6.07, 6.45) is 3.49. The fourth-order valence-electron chi connectivity index (χ4n) is 4.57. The molecule has 3 aromatic carbocycles. The average Bonchev–Trinajstić information content (AvgIpc) is 2.88. The molecule has 0 amide bonds. The van der Waals surface area contributed by atoms with Crippen molar-refractivity contribution in [2.45, 2.75) is 32.1 Å². The van der Waals surface area contributed by atoms with Crippen molar-refractivity contribution in [3.05, 3.63) is 78.4 Å². The molecule has 1 unspecified atom stereocenters. The van der Waals surface area contributed by atoms with E-state index in [9.17, 15) is 0 Å². The van der Waals surface area contributed by atoms with Crippen molar-refractivity contribution in [1.82, 2.24) is 4.98 Å². The molecule has 178 valence electrons. The van der Waals surface area contributed by atoms with Crippen LogP contribution in [0, 0.1) is 0 Å². The summed E-state index contributed by atoms with van der Waals surface area (Å²) < 4.78 is 0. The normalized spacial score (nSPS) is 12.2. The van der Waals surface area contributed by atoms with Gasteiger partial charge in [-0.2, -0.15) is 0 Å². The van der Waals surface area contributed by atoms with E-state index in [1.807, 2.05) is 0 Å². The smallest absolute Gasteiger partial charge is 0.0730 e. The van der Waals surface area contributed by atoms with E-state index in [4.69, 9.17) is 28.2 Å². The molecule has 0 spiro atoms. The summed E-state index contributed by atoms with van der Waals surface area (Å²) in [5.74, 6) is 1.74. The molecule has 34 heavy (non-hydrogen) atoms. The number of nitrogens with one attached hydrogen (secondary N) is 1. The minimum atomic E-state index is 0.533. The average molecular weight is 495 g/mol. The first-order valence-electron chi connectivity index (χ1n) is 12.2. The predicted octanol–water partition coefficient (Wildman–Crippen LogP) is 8.06. The molecular formula is C29H33Cl2N3. The second-order valence-corrected chi connectivity index (χ2v) is 9.56. The molecule has 0 fully saturated rings. The number of anilines is 2. The topological polar surface area (TPSA) is 28.2 Å². The molecule has 3 nitrogen and oxygen atoms in total. The maximum atomic E-state index is 5.95. The summed E-state index contributed by atoms with van der Waals surface area (Å²) in [5.41, 5.74) is 5.86. The molecule has 0 radical (unpaired) electrons. The number of pyridine rings is 1. The van der Waals surface area contributed by atoms with Crippen LogP contribution in [0.4, 0.5) is 11.4 Å². The number of fused-ring (bicyclic) bond motifs is 2. The van der Waals surface area contributed by atoms with E-state index in [0.717, 1.165) is 37.1 Å². The Kier molecular flexibility index (Phi) is 8.90. The molecule has 4 rings (SSSR count). The minimum Gasteiger partial charge on any atom is -0.384 e. The van der Waals surface area contributed by atoms with Gasteiger partial charge in [0, 0.05) is 47.9 Å².